The number of aromatic amines is 1. The standard InChI is InChI=1S/C29H23ClN6.ClH/c30-25-11-8-22-9-13-26(31-27(22)18-25)12-7-20-3-1-4-21(17-20)19-36-16-15-24-6-2-5-23(29(24)36)10-14-28-32-34-35-33-28;/h1-9,11-13,15-18H,10,14,19H2,(H,32,33,34,35);1H. The Morgan fingerprint density at radius 3 is 2.65 bits per heavy atom. The second kappa shape index (κ2) is 10.9. The molecule has 3 heterocycles. The summed E-state index contributed by atoms with van der Waals surface area (Å²) in [7, 11) is 0. The van der Waals surface area contributed by atoms with E-state index in [4.69, 9.17) is 16.6 Å². The Hall–Kier alpha value is -4.00. The van der Waals surface area contributed by atoms with Gasteiger partial charge in [-0.3, -0.25) is 0 Å². The van der Waals surface area contributed by atoms with Gasteiger partial charge in [-0.1, -0.05) is 71.4 Å². The van der Waals surface area contributed by atoms with E-state index in [-0.39, 0.29) is 12.4 Å². The van der Waals surface area contributed by atoms with Crippen LogP contribution in [0.3, 0.4) is 0 Å². The maximum atomic E-state index is 6.14. The van der Waals surface area contributed by atoms with E-state index in [0.717, 1.165) is 47.4 Å². The van der Waals surface area contributed by atoms with Crippen molar-refractivity contribution in [3.8, 4) is 0 Å². The summed E-state index contributed by atoms with van der Waals surface area (Å²) in [6, 6.07) is 27.1. The van der Waals surface area contributed by atoms with Gasteiger partial charge in [0.1, 0.15) is 0 Å². The quantitative estimate of drug-likeness (QED) is 0.248. The molecule has 8 heteroatoms. The Labute approximate surface area is 225 Å². The zero-order valence-electron chi connectivity index (χ0n) is 19.9. The summed E-state index contributed by atoms with van der Waals surface area (Å²) in [5, 5.41) is 17.4. The summed E-state index contributed by atoms with van der Waals surface area (Å²) in [6.45, 7) is 0.789. The molecule has 0 aliphatic rings. The minimum absolute atomic E-state index is 0. The van der Waals surface area contributed by atoms with Crippen molar-refractivity contribution in [2.24, 2.45) is 0 Å². The number of hydrogen-bond donors (Lipinski definition) is 1. The largest absolute Gasteiger partial charge is 0.343 e. The van der Waals surface area contributed by atoms with E-state index in [1.54, 1.807) is 0 Å². The minimum atomic E-state index is 0. The minimum Gasteiger partial charge on any atom is -0.343 e. The van der Waals surface area contributed by atoms with Crippen molar-refractivity contribution in [2.75, 3.05) is 0 Å². The fourth-order valence-corrected chi connectivity index (χ4v) is 4.75. The van der Waals surface area contributed by atoms with Crippen LogP contribution in [0, 0.1) is 0 Å². The molecule has 0 amide bonds. The van der Waals surface area contributed by atoms with Crippen LogP contribution in [0.4, 0.5) is 0 Å². The van der Waals surface area contributed by atoms with E-state index >= 15 is 0 Å². The molecule has 6 rings (SSSR count). The topological polar surface area (TPSA) is 72.3 Å². The number of H-pyrrole nitrogens is 1. The Balaban J connectivity index is 0.00000280. The van der Waals surface area contributed by atoms with Crippen molar-refractivity contribution < 1.29 is 0 Å². The molecule has 0 aliphatic heterocycles. The first-order chi connectivity index (χ1) is 17.7. The molecule has 37 heavy (non-hydrogen) atoms. The van der Waals surface area contributed by atoms with Gasteiger partial charge in [-0.2, -0.15) is 5.21 Å². The summed E-state index contributed by atoms with van der Waals surface area (Å²) < 4.78 is 2.32. The molecule has 0 unspecified atom stereocenters. The first-order valence-electron chi connectivity index (χ1n) is 11.8. The summed E-state index contributed by atoms with van der Waals surface area (Å²) in [5.41, 5.74) is 6.70. The number of para-hydroxylation sites is 1. The van der Waals surface area contributed by atoms with Gasteiger partial charge in [0.2, 0.25) is 0 Å². The molecular weight excluding hydrogens is 503 g/mol. The van der Waals surface area contributed by atoms with Crippen molar-refractivity contribution in [1.82, 2.24) is 30.2 Å². The van der Waals surface area contributed by atoms with E-state index in [9.17, 15) is 0 Å². The van der Waals surface area contributed by atoms with Gasteiger partial charge < -0.3 is 4.57 Å². The van der Waals surface area contributed by atoms with Crippen molar-refractivity contribution in [2.45, 2.75) is 19.4 Å². The third-order valence-corrected chi connectivity index (χ3v) is 6.54. The maximum Gasteiger partial charge on any atom is 0.174 e. The molecule has 3 aromatic carbocycles. The molecular formula is C29H24Cl2N6. The monoisotopic (exact) mass is 526 g/mol. The van der Waals surface area contributed by atoms with Crippen molar-refractivity contribution >= 4 is 58.0 Å². The second-order valence-electron chi connectivity index (χ2n) is 8.78. The van der Waals surface area contributed by atoms with Gasteiger partial charge >= 0.3 is 0 Å². The van der Waals surface area contributed by atoms with Gasteiger partial charge in [-0.25, -0.2) is 4.98 Å². The van der Waals surface area contributed by atoms with Crippen LogP contribution in [0.25, 0.3) is 34.0 Å². The number of tetrazole rings is 1. The first kappa shape index (κ1) is 24.7. The molecule has 0 spiro atoms. The van der Waals surface area contributed by atoms with Crippen molar-refractivity contribution in [1.29, 1.82) is 0 Å². The number of rotatable bonds is 7. The van der Waals surface area contributed by atoms with Crippen LogP contribution in [-0.2, 0) is 19.4 Å². The maximum absolute atomic E-state index is 6.14. The number of halogens is 2. The number of fused-ring (bicyclic) bond motifs is 2. The lowest BCUT2D eigenvalue weighted by molar-refractivity contribution is 0.818. The number of nitrogens with one attached hydrogen (secondary N) is 1. The molecule has 0 aliphatic carbocycles. The van der Waals surface area contributed by atoms with Crippen molar-refractivity contribution in [3.63, 3.8) is 0 Å². The number of nitrogens with zero attached hydrogens (tertiary/aromatic N) is 5. The van der Waals surface area contributed by atoms with E-state index < -0.39 is 0 Å². The van der Waals surface area contributed by atoms with Crippen LogP contribution in [0.2, 0.25) is 5.02 Å². The number of benzene rings is 3. The Bertz CT molecular complexity index is 1690. The number of pyridine rings is 1. The van der Waals surface area contributed by atoms with Crippen LogP contribution in [0.5, 0.6) is 0 Å². The smallest absolute Gasteiger partial charge is 0.174 e. The van der Waals surface area contributed by atoms with Gasteiger partial charge in [0.25, 0.3) is 0 Å². The molecule has 0 saturated carbocycles. The summed E-state index contributed by atoms with van der Waals surface area (Å²) in [4.78, 5) is 4.72. The Kier molecular flexibility index (Phi) is 7.30. The third-order valence-electron chi connectivity index (χ3n) is 6.31. The van der Waals surface area contributed by atoms with Crippen LogP contribution < -0.4 is 0 Å². The summed E-state index contributed by atoms with van der Waals surface area (Å²) >= 11 is 6.14. The van der Waals surface area contributed by atoms with Crippen LogP contribution >= 0.6 is 24.0 Å². The fraction of sp³-hybridized carbons (Fsp3) is 0.103. The van der Waals surface area contributed by atoms with E-state index in [0.29, 0.717) is 5.02 Å². The molecule has 3 aromatic heterocycles. The van der Waals surface area contributed by atoms with E-state index in [1.165, 1.54) is 22.0 Å². The zero-order chi connectivity index (χ0) is 24.3. The number of hydrogen-bond acceptors (Lipinski definition) is 4. The molecule has 184 valence electrons. The lowest BCUT2D eigenvalue weighted by atomic mass is 10.1. The van der Waals surface area contributed by atoms with Gasteiger partial charge in [-0.15, -0.1) is 22.6 Å². The van der Waals surface area contributed by atoms with Gasteiger partial charge in [0, 0.05) is 29.6 Å². The van der Waals surface area contributed by atoms with Crippen LogP contribution in [0.15, 0.2) is 85.1 Å². The Morgan fingerprint density at radius 1 is 0.865 bits per heavy atom. The molecule has 6 aromatic rings. The fourth-order valence-electron chi connectivity index (χ4n) is 4.58. The lowest BCUT2D eigenvalue weighted by Crippen LogP contribution is -2.02. The summed E-state index contributed by atoms with van der Waals surface area (Å²) in [5.74, 6) is 0.730. The van der Waals surface area contributed by atoms with Gasteiger partial charge in [-0.05, 0) is 64.9 Å². The second-order valence-corrected chi connectivity index (χ2v) is 9.21. The van der Waals surface area contributed by atoms with Crippen LogP contribution in [-0.4, -0.2) is 30.2 Å². The molecule has 0 saturated heterocycles. The molecule has 1 N–H and O–H groups in total. The molecule has 6 nitrogen and oxygen atoms in total. The number of aromatic nitrogens is 6. The highest BCUT2D eigenvalue weighted by molar-refractivity contribution is 6.31. The van der Waals surface area contributed by atoms with Crippen molar-refractivity contribution in [3.05, 3.63) is 118 Å². The molecule has 0 atom stereocenters. The highest BCUT2D eigenvalue weighted by Gasteiger charge is 2.09. The first-order valence-corrected chi connectivity index (χ1v) is 12.2. The third kappa shape index (κ3) is 5.56. The molecule has 0 radical (unpaired) electrons. The highest BCUT2D eigenvalue weighted by Crippen LogP contribution is 2.24. The number of aryl methyl sites for hydroxylation is 2. The summed E-state index contributed by atoms with van der Waals surface area (Å²) in [6.07, 6.45) is 7.91. The average Bonchev–Trinajstić information content (AvgIpc) is 3.57. The predicted molar refractivity (Wildman–Crippen MR) is 152 cm³/mol. The highest BCUT2D eigenvalue weighted by atomic mass is 35.5. The van der Waals surface area contributed by atoms with Gasteiger partial charge in [0.15, 0.2) is 5.82 Å². The van der Waals surface area contributed by atoms with E-state index in [2.05, 4.69) is 92.1 Å². The Morgan fingerprint density at radius 2 is 1.76 bits per heavy atom. The van der Waals surface area contributed by atoms with Gasteiger partial charge in [0.05, 0.1) is 16.7 Å². The van der Waals surface area contributed by atoms with E-state index in [1.807, 2.05) is 30.3 Å². The molecule has 0 bridgehead atoms. The molecule has 0 fully saturated rings. The predicted octanol–water partition coefficient (Wildman–Crippen LogP) is 6.78. The zero-order valence-corrected chi connectivity index (χ0v) is 21.5. The average molecular weight is 527 g/mol. The SMILES string of the molecule is Cl.Clc1ccc2ccc(C=Cc3cccc(Cn4ccc5cccc(CCc6nn[nH]n6)c54)c3)nc2c1. The van der Waals surface area contributed by atoms with Crippen LogP contribution in [0.1, 0.15) is 28.2 Å². The normalized spacial score (nSPS) is 11.4. The lowest BCUT2D eigenvalue weighted by Gasteiger charge is -2.10.